The maximum absolute atomic E-state index is 11.9. The Morgan fingerprint density at radius 1 is 1.59 bits per heavy atom. The molecule has 0 radical (unpaired) electrons. The number of nitrogens with zero attached hydrogens (tertiary/aromatic N) is 2. The van der Waals surface area contributed by atoms with Crippen LogP contribution >= 0.6 is 0 Å². The molecule has 0 aromatic carbocycles. The molecule has 1 saturated heterocycles. The molecule has 0 aliphatic carbocycles. The van der Waals surface area contributed by atoms with Crippen LogP contribution in [0.4, 0.5) is 0 Å². The Bertz CT molecular complexity index is 433. The second-order valence-corrected chi connectivity index (χ2v) is 4.09. The quantitative estimate of drug-likeness (QED) is 0.714. The summed E-state index contributed by atoms with van der Waals surface area (Å²) in [6, 6.07) is 3.67. The summed E-state index contributed by atoms with van der Waals surface area (Å²) < 4.78 is 5.00. The highest BCUT2D eigenvalue weighted by molar-refractivity contribution is 5.85. The molecule has 0 spiro atoms. The second-order valence-electron chi connectivity index (χ2n) is 4.09. The number of esters is 1. The molecule has 1 amide bonds. The predicted octanol–water partition coefficient (Wildman–Crippen LogP) is 0.916. The first-order valence-electron chi connectivity index (χ1n) is 5.43. The van der Waals surface area contributed by atoms with E-state index in [0.717, 1.165) is 5.56 Å². The van der Waals surface area contributed by atoms with Crippen LogP contribution in [0.25, 0.3) is 0 Å². The molecule has 1 aliphatic rings. The van der Waals surface area contributed by atoms with Crippen molar-refractivity contribution in [2.24, 2.45) is 0 Å². The SMILES string of the molecule is CC(=O)O[C@@H]1CC(c2cccnc2)N(C)C1=O. The number of amides is 1. The minimum Gasteiger partial charge on any atom is -0.452 e. The summed E-state index contributed by atoms with van der Waals surface area (Å²) in [5.74, 6) is -0.586. The number of ether oxygens (including phenoxy) is 1. The monoisotopic (exact) mass is 234 g/mol. The summed E-state index contributed by atoms with van der Waals surface area (Å²) in [6.45, 7) is 1.31. The third kappa shape index (κ3) is 2.27. The van der Waals surface area contributed by atoms with Crippen LogP contribution in [0, 0.1) is 0 Å². The maximum atomic E-state index is 11.9. The molecule has 2 heterocycles. The van der Waals surface area contributed by atoms with Crippen molar-refractivity contribution in [1.29, 1.82) is 0 Å². The van der Waals surface area contributed by atoms with E-state index < -0.39 is 12.1 Å². The van der Waals surface area contributed by atoms with Crippen molar-refractivity contribution < 1.29 is 14.3 Å². The van der Waals surface area contributed by atoms with Gasteiger partial charge in [0.05, 0.1) is 6.04 Å². The highest BCUT2D eigenvalue weighted by Crippen LogP contribution is 2.32. The van der Waals surface area contributed by atoms with Gasteiger partial charge in [-0.15, -0.1) is 0 Å². The van der Waals surface area contributed by atoms with Crippen molar-refractivity contribution in [1.82, 2.24) is 9.88 Å². The zero-order valence-electron chi connectivity index (χ0n) is 9.79. The van der Waals surface area contributed by atoms with Gasteiger partial charge in [-0.25, -0.2) is 0 Å². The molecule has 5 nitrogen and oxygen atoms in total. The topological polar surface area (TPSA) is 59.5 Å². The van der Waals surface area contributed by atoms with Gasteiger partial charge in [-0.05, 0) is 11.6 Å². The summed E-state index contributed by atoms with van der Waals surface area (Å²) in [4.78, 5) is 28.4. The Kier molecular flexibility index (Phi) is 3.08. The van der Waals surface area contributed by atoms with Gasteiger partial charge in [-0.3, -0.25) is 14.6 Å². The van der Waals surface area contributed by atoms with Crippen molar-refractivity contribution in [2.45, 2.75) is 25.5 Å². The highest BCUT2D eigenvalue weighted by Gasteiger charge is 2.40. The van der Waals surface area contributed by atoms with E-state index in [1.807, 2.05) is 12.1 Å². The number of aromatic nitrogens is 1. The number of likely N-dealkylation sites (N-methyl/N-ethyl adjacent to an activating group) is 1. The van der Waals surface area contributed by atoms with E-state index in [1.54, 1.807) is 24.3 Å². The highest BCUT2D eigenvalue weighted by atomic mass is 16.5. The summed E-state index contributed by atoms with van der Waals surface area (Å²) in [6.07, 6.45) is 3.23. The van der Waals surface area contributed by atoms with Crippen molar-refractivity contribution in [3.05, 3.63) is 30.1 Å². The normalized spacial score (nSPS) is 23.9. The number of carbonyl (C=O) groups is 2. The van der Waals surface area contributed by atoms with Gasteiger partial charge in [0.1, 0.15) is 0 Å². The fraction of sp³-hybridized carbons (Fsp3) is 0.417. The van der Waals surface area contributed by atoms with Gasteiger partial charge >= 0.3 is 5.97 Å². The molecule has 0 bridgehead atoms. The molecular formula is C12H14N2O3. The third-order valence-corrected chi connectivity index (χ3v) is 2.91. The number of hydrogen-bond acceptors (Lipinski definition) is 4. The zero-order valence-corrected chi connectivity index (χ0v) is 9.79. The Morgan fingerprint density at radius 2 is 2.35 bits per heavy atom. The number of pyridine rings is 1. The lowest BCUT2D eigenvalue weighted by Gasteiger charge is -2.18. The van der Waals surface area contributed by atoms with E-state index in [4.69, 9.17) is 4.74 Å². The molecule has 2 atom stereocenters. The van der Waals surface area contributed by atoms with E-state index in [2.05, 4.69) is 4.98 Å². The summed E-state index contributed by atoms with van der Waals surface area (Å²) >= 11 is 0. The molecule has 1 aliphatic heterocycles. The van der Waals surface area contributed by atoms with Gasteiger partial charge in [0.2, 0.25) is 0 Å². The first-order valence-corrected chi connectivity index (χ1v) is 5.43. The molecule has 1 unspecified atom stereocenters. The zero-order chi connectivity index (χ0) is 12.4. The number of hydrogen-bond donors (Lipinski definition) is 0. The standard InChI is InChI=1S/C12H14N2O3/c1-8(15)17-11-6-10(14(2)12(11)16)9-4-3-5-13-7-9/h3-5,7,10-11H,6H2,1-2H3/t10?,11-/m1/s1. The molecule has 1 aromatic heterocycles. The van der Waals surface area contributed by atoms with Crippen LogP contribution in [0.15, 0.2) is 24.5 Å². The number of likely N-dealkylation sites (tertiary alicyclic amines) is 1. The molecule has 5 heteroatoms. The molecule has 0 saturated carbocycles. The van der Waals surface area contributed by atoms with Crippen LogP contribution < -0.4 is 0 Å². The Labute approximate surface area is 99.4 Å². The van der Waals surface area contributed by atoms with Crippen LogP contribution in [0.1, 0.15) is 24.9 Å². The van der Waals surface area contributed by atoms with Crippen molar-refractivity contribution in [2.75, 3.05) is 7.05 Å². The van der Waals surface area contributed by atoms with Crippen LogP contribution in [-0.2, 0) is 14.3 Å². The predicted molar refractivity (Wildman–Crippen MR) is 59.9 cm³/mol. The lowest BCUT2D eigenvalue weighted by atomic mass is 10.1. The summed E-state index contributed by atoms with van der Waals surface area (Å²) in [5.41, 5.74) is 0.956. The average Bonchev–Trinajstić information content (AvgIpc) is 2.58. The first kappa shape index (κ1) is 11.6. The van der Waals surface area contributed by atoms with E-state index in [0.29, 0.717) is 6.42 Å². The largest absolute Gasteiger partial charge is 0.452 e. The van der Waals surface area contributed by atoms with Gasteiger partial charge in [-0.2, -0.15) is 0 Å². The molecular weight excluding hydrogens is 220 g/mol. The second kappa shape index (κ2) is 4.53. The van der Waals surface area contributed by atoms with E-state index in [9.17, 15) is 9.59 Å². The van der Waals surface area contributed by atoms with Crippen molar-refractivity contribution in [3.63, 3.8) is 0 Å². The van der Waals surface area contributed by atoms with Gasteiger partial charge in [0.15, 0.2) is 6.10 Å². The fourth-order valence-electron chi connectivity index (χ4n) is 2.07. The van der Waals surface area contributed by atoms with E-state index >= 15 is 0 Å². The lowest BCUT2D eigenvalue weighted by molar-refractivity contribution is -0.153. The van der Waals surface area contributed by atoms with E-state index in [-0.39, 0.29) is 11.9 Å². The van der Waals surface area contributed by atoms with Crippen LogP contribution in [0.3, 0.4) is 0 Å². The van der Waals surface area contributed by atoms with E-state index in [1.165, 1.54) is 6.92 Å². The lowest BCUT2D eigenvalue weighted by Crippen LogP contribution is -2.29. The molecule has 90 valence electrons. The van der Waals surface area contributed by atoms with Gasteiger partial charge in [-0.1, -0.05) is 6.07 Å². The number of carbonyl (C=O) groups excluding carboxylic acids is 2. The summed E-state index contributed by atoms with van der Waals surface area (Å²) in [5, 5.41) is 0. The van der Waals surface area contributed by atoms with Crippen molar-refractivity contribution in [3.8, 4) is 0 Å². The van der Waals surface area contributed by atoms with Gasteiger partial charge < -0.3 is 9.64 Å². The molecule has 1 fully saturated rings. The minimum absolute atomic E-state index is 0.0689. The Balaban J connectivity index is 2.17. The van der Waals surface area contributed by atoms with Gasteiger partial charge in [0.25, 0.3) is 5.91 Å². The van der Waals surface area contributed by atoms with Crippen molar-refractivity contribution >= 4 is 11.9 Å². The Hall–Kier alpha value is -1.91. The maximum Gasteiger partial charge on any atom is 0.303 e. The van der Waals surface area contributed by atoms with Crippen LogP contribution in [0.2, 0.25) is 0 Å². The molecule has 2 rings (SSSR count). The molecule has 1 aromatic rings. The molecule has 17 heavy (non-hydrogen) atoms. The van der Waals surface area contributed by atoms with Gasteiger partial charge in [0, 0.05) is 32.8 Å². The third-order valence-electron chi connectivity index (χ3n) is 2.91. The summed E-state index contributed by atoms with van der Waals surface area (Å²) in [7, 11) is 1.71. The molecule has 0 N–H and O–H groups in total. The van der Waals surface area contributed by atoms with Crippen LogP contribution in [0.5, 0.6) is 0 Å². The average molecular weight is 234 g/mol. The van der Waals surface area contributed by atoms with Crippen LogP contribution in [-0.4, -0.2) is 34.9 Å². The fourth-order valence-corrected chi connectivity index (χ4v) is 2.07. The Morgan fingerprint density at radius 3 is 2.94 bits per heavy atom. The smallest absolute Gasteiger partial charge is 0.303 e. The number of rotatable bonds is 2. The minimum atomic E-state index is -0.664. The first-order chi connectivity index (χ1) is 8.09.